The van der Waals surface area contributed by atoms with Crippen molar-refractivity contribution in [1.82, 2.24) is 68.2 Å². The van der Waals surface area contributed by atoms with Crippen LogP contribution in [0.2, 0.25) is 0 Å². The van der Waals surface area contributed by atoms with Crippen LogP contribution in [0, 0.1) is 0 Å². The monoisotopic (exact) mass is 938 g/mol. The highest BCUT2D eigenvalue weighted by Gasteiger charge is 2.35. The van der Waals surface area contributed by atoms with Crippen LogP contribution in [0.4, 0.5) is 11.6 Å². The molecule has 0 saturated carbocycles. The van der Waals surface area contributed by atoms with Gasteiger partial charge < -0.3 is 29.6 Å². The summed E-state index contributed by atoms with van der Waals surface area (Å²) < 4.78 is 11.9. The van der Waals surface area contributed by atoms with Gasteiger partial charge in [0.2, 0.25) is 0 Å². The molecule has 0 unspecified atom stereocenters. The van der Waals surface area contributed by atoms with Gasteiger partial charge in [0.1, 0.15) is 34.7 Å². The number of aromatic nitrogens is 14. The summed E-state index contributed by atoms with van der Waals surface area (Å²) in [5, 5.41) is 19.6. The predicted octanol–water partition coefficient (Wildman–Crippen LogP) is 4.85. The van der Waals surface area contributed by atoms with E-state index >= 15 is 0 Å². The highest BCUT2D eigenvalue weighted by Crippen LogP contribution is 2.38. The fourth-order valence-electron chi connectivity index (χ4n) is 9.29. The number of aromatic amines is 2. The van der Waals surface area contributed by atoms with E-state index in [1.54, 1.807) is 50.2 Å². The number of fused-ring (bicyclic) bond motifs is 4. The molecule has 2 fully saturated rings. The Kier molecular flexibility index (Phi) is 12.6. The summed E-state index contributed by atoms with van der Waals surface area (Å²) in [6.45, 7) is 1.68. The number of ether oxygens (including phenoxy) is 1. The summed E-state index contributed by atoms with van der Waals surface area (Å²) >= 11 is 0. The number of benzene rings is 2. The van der Waals surface area contributed by atoms with Crippen molar-refractivity contribution in [2.24, 2.45) is 0 Å². The second kappa shape index (κ2) is 18.8. The van der Waals surface area contributed by atoms with Gasteiger partial charge in [0.05, 0.1) is 49.3 Å². The van der Waals surface area contributed by atoms with Crippen LogP contribution in [-0.2, 0) is 18.0 Å². The molecule has 0 aliphatic carbocycles. The first-order chi connectivity index (χ1) is 32.0. The Hall–Kier alpha value is -7.40. The average Bonchev–Trinajstić information content (AvgIpc) is 4.21. The van der Waals surface area contributed by atoms with E-state index in [2.05, 4.69) is 49.7 Å². The standard InChI is InChI=1S/C23H22N8O2.C22H20N8O2.2H2S/c1-33-12-15-9-11-30-19(15)23(32)31(16-6-3-2-4-7-16)21(28-30)17-8-5-10-29(17)22-18-20(25-13-24-18)26-14-27-22;31-11-14-8-10-29-18(14)22(32)30(15-5-2-1-3-6-15)20(27-29)16-7-4-9-28(16)21-17-19(24-12-23-17)25-13-26-21;;/h2-4,6-7,9,11,13-14,17H,5,8,10,12H2,1H3,(H,24,25,26,27);1-3,5-6,8,10,12-13,16,31H,4,7,9,11H2,(H,23,24,25,26);2*1H2/t17-;16-;;/m00../s1. The Morgan fingerprint density at radius 1 is 0.627 bits per heavy atom. The van der Waals surface area contributed by atoms with Gasteiger partial charge in [-0.05, 0) is 62.1 Å². The number of imidazole rings is 2. The van der Waals surface area contributed by atoms with Gasteiger partial charge in [-0.3, -0.25) is 18.7 Å². The van der Waals surface area contributed by atoms with E-state index < -0.39 is 0 Å². The predicted molar refractivity (Wildman–Crippen MR) is 261 cm³/mol. The van der Waals surface area contributed by atoms with Gasteiger partial charge in [0.25, 0.3) is 11.1 Å². The number of methoxy groups -OCH3 is 1. The molecule has 2 atom stereocenters. The van der Waals surface area contributed by atoms with Gasteiger partial charge in [0.15, 0.2) is 34.6 Å². The Bertz CT molecular complexity index is 3460. The van der Waals surface area contributed by atoms with Crippen molar-refractivity contribution in [3.05, 3.63) is 154 Å². The number of anilines is 2. The summed E-state index contributed by atoms with van der Waals surface area (Å²) in [6, 6.07) is 22.4. The highest BCUT2D eigenvalue weighted by atomic mass is 32.1. The molecular formula is C45H46N16O4S2. The average molecular weight is 939 g/mol. The molecular weight excluding hydrogens is 893 g/mol. The van der Waals surface area contributed by atoms with Gasteiger partial charge in [-0.1, -0.05) is 36.4 Å². The number of hydrogen-bond donors (Lipinski definition) is 3. The lowest BCUT2D eigenvalue weighted by Crippen LogP contribution is -2.33. The Morgan fingerprint density at radius 2 is 1.09 bits per heavy atom. The molecule has 3 N–H and O–H groups in total. The molecule has 342 valence electrons. The largest absolute Gasteiger partial charge is 0.392 e. The smallest absolute Gasteiger partial charge is 0.282 e. The van der Waals surface area contributed by atoms with Crippen LogP contribution in [0.25, 0.3) is 44.7 Å². The van der Waals surface area contributed by atoms with Crippen LogP contribution in [-0.4, -0.2) is 93.5 Å². The summed E-state index contributed by atoms with van der Waals surface area (Å²) in [6.07, 6.45) is 13.3. The lowest BCUT2D eigenvalue weighted by Gasteiger charge is -2.27. The first-order valence-corrected chi connectivity index (χ1v) is 21.3. The minimum absolute atomic E-state index is 0. The molecule has 2 aliphatic rings. The third-order valence-electron chi connectivity index (χ3n) is 12.1. The zero-order valence-electron chi connectivity index (χ0n) is 36.1. The van der Waals surface area contributed by atoms with Crippen LogP contribution < -0.4 is 20.9 Å². The van der Waals surface area contributed by atoms with Crippen LogP contribution in [0.1, 0.15) is 60.5 Å². The van der Waals surface area contributed by atoms with Gasteiger partial charge >= 0.3 is 0 Å². The fraction of sp³-hybridized carbons (Fsp3) is 0.244. The second-order valence-corrected chi connectivity index (χ2v) is 15.8. The van der Waals surface area contributed by atoms with Crippen molar-refractivity contribution < 1.29 is 9.84 Å². The Balaban J connectivity index is 0.000000163. The lowest BCUT2D eigenvalue weighted by molar-refractivity contribution is 0.186. The van der Waals surface area contributed by atoms with Gasteiger partial charge in [-0.15, -0.1) is 0 Å². The second-order valence-electron chi connectivity index (χ2n) is 15.8. The summed E-state index contributed by atoms with van der Waals surface area (Å²) in [4.78, 5) is 64.3. The SMILES string of the molecule is COCc1ccn2nc([C@@H]3CCCN3c3ncnc4nc[nH]c34)n(-c3ccccc3)c(=O)c12.O=c1c2c(CO)ccn2nc([C@@H]2CCCN2c2ncnc3nc[nH]c23)n1-c1ccccc1.S.S. The Morgan fingerprint density at radius 3 is 1.55 bits per heavy atom. The summed E-state index contributed by atoms with van der Waals surface area (Å²) in [7, 11) is 1.62. The third-order valence-corrected chi connectivity index (χ3v) is 12.1. The number of nitrogens with zero attached hydrogens (tertiary/aromatic N) is 14. The third kappa shape index (κ3) is 7.75. The molecule has 0 spiro atoms. The molecule has 10 aromatic rings. The van der Waals surface area contributed by atoms with Crippen molar-refractivity contribution in [3.8, 4) is 11.4 Å². The molecule has 22 heteroatoms. The molecule has 20 nitrogen and oxygen atoms in total. The van der Waals surface area contributed by atoms with E-state index in [1.807, 2.05) is 72.9 Å². The minimum atomic E-state index is -0.226. The first-order valence-electron chi connectivity index (χ1n) is 21.3. The van der Waals surface area contributed by atoms with Gasteiger partial charge in [0, 0.05) is 43.7 Å². The van der Waals surface area contributed by atoms with Crippen molar-refractivity contribution in [2.75, 3.05) is 30.0 Å². The number of H-pyrrole nitrogens is 2. The molecule has 2 saturated heterocycles. The van der Waals surface area contributed by atoms with Crippen LogP contribution in [0.15, 0.2) is 120 Å². The normalized spacial score (nSPS) is 15.9. The van der Waals surface area contributed by atoms with Crippen molar-refractivity contribution >= 4 is 72.0 Å². The zero-order chi connectivity index (χ0) is 44.0. The Labute approximate surface area is 394 Å². The van der Waals surface area contributed by atoms with E-state index in [0.717, 1.165) is 78.4 Å². The molecule has 8 aromatic heterocycles. The number of rotatable bonds is 9. The quantitative estimate of drug-likeness (QED) is 0.176. The maximum Gasteiger partial charge on any atom is 0.282 e. The van der Waals surface area contributed by atoms with Crippen molar-refractivity contribution in [1.29, 1.82) is 0 Å². The molecule has 0 amide bonds. The maximum absolute atomic E-state index is 13.9. The van der Waals surface area contributed by atoms with Crippen LogP contribution >= 0.6 is 27.0 Å². The summed E-state index contributed by atoms with van der Waals surface area (Å²) in [5.74, 6) is 2.80. The molecule has 12 rings (SSSR count). The first kappa shape index (κ1) is 44.8. The summed E-state index contributed by atoms with van der Waals surface area (Å²) in [5.41, 5.74) is 6.19. The number of aliphatic hydroxyl groups excluding tert-OH is 1. The van der Waals surface area contributed by atoms with Crippen LogP contribution in [0.5, 0.6) is 0 Å². The molecule has 67 heavy (non-hydrogen) atoms. The molecule has 2 aliphatic heterocycles. The molecule has 0 bridgehead atoms. The van der Waals surface area contributed by atoms with Gasteiger partial charge in [-0.2, -0.15) is 37.2 Å². The van der Waals surface area contributed by atoms with E-state index in [-0.39, 0.29) is 56.8 Å². The topological polar surface area (TPSA) is 223 Å². The van der Waals surface area contributed by atoms with Crippen LogP contribution in [0.3, 0.4) is 0 Å². The van der Waals surface area contributed by atoms with E-state index in [9.17, 15) is 14.7 Å². The number of para-hydroxylation sites is 2. The van der Waals surface area contributed by atoms with E-state index in [1.165, 1.54) is 12.7 Å². The highest BCUT2D eigenvalue weighted by molar-refractivity contribution is 7.59. The zero-order valence-corrected chi connectivity index (χ0v) is 38.1. The van der Waals surface area contributed by atoms with Gasteiger partial charge in [-0.25, -0.2) is 38.9 Å². The van der Waals surface area contributed by atoms with E-state index in [0.29, 0.717) is 46.1 Å². The molecule has 0 radical (unpaired) electrons. The maximum atomic E-state index is 13.9. The van der Waals surface area contributed by atoms with Crippen molar-refractivity contribution in [3.63, 3.8) is 0 Å². The minimum Gasteiger partial charge on any atom is -0.392 e. The fourth-order valence-corrected chi connectivity index (χ4v) is 9.29. The molecule has 2 aromatic carbocycles. The number of aliphatic hydroxyl groups is 1. The van der Waals surface area contributed by atoms with Crippen molar-refractivity contribution in [2.45, 2.75) is 51.0 Å². The van der Waals surface area contributed by atoms with E-state index in [4.69, 9.17) is 14.9 Å². The lowest BCUT2D eigenvalue weighted by atomic mass is 10.2. The number of hydrogen-bond acceptors (Lipinski definition) is 14. The molecule has 10 heterocycles. The number of nitrogens with one attached hydrogen (secondary N) is 2.